The molecule has 6 bridgehead atoms. The van der Waals surface area contributed by atoms with Crippen molar-refractivity contribution >= 4 is 23.6 Å². The average molecular weight is 947 g/mol. The van der Waals surface area contributed by atoms with Gasteiger partial charge in [-0.15, -0.1) is 0 Å². The quantitative estimate of drug-likeness (QED) is 0.267. The number of nitrogens with zero attached hydrogens (tertiary/aromatic N) is 1. The maximum Gasteiger partial charge on any atom is 0.414 e. The summed E-state index contributed by atoms with van der Waals surface area (Å²) in [5.74, 6) is 2.80. The van der Waals surface area contributed by atoms with E-state index in [1.807, 2.05) is 7.11 Å². The summed E-state index contributed by atoms with van der Waals surface area (Å²) >= 11 is 0. The highest BCUT2D eigenvalue weighted by Gasteiger charge is 2.71. The average Bonchev–Trinajstić information content (AvgIpc) is 4.17. The number of alkyl carbamates (subject to hydrolysis) is 1. The lowest BCUT2D eigenvalue weighted by atomic mass is 9.43. The molecule has 0 aromatic heterocycles. The van der Waals surface area contributed by atoms with Gasteiger partial charge in [0.2, 0.25) is 5.91 Å². The smallest absolute Gasteiger partial charge is 0.414 e. The van der Waals surface area contributed by atoms with Gasteiger partial charge in [-0.25, -0.2) is 4.79 Å². The summed E-state index contributed by atoms with van der Waals surface area (Å²) in [6, 6.07) is 0. The standard InChI is InChI=1S/C33H52N2O5.C25H42O3/c1-20-11-14-33-15-12-25(39-5)27(33)32(20,4)26(17-31(3,28(36)21(33)2)23-9-7-6-8-10-23)40-30(38)34-29(37)24-19-35-16-13-22(24)18-35;1-16-11-13-25-14-12-19(28-5)21(25)24(16,4)20(26)15-23(3,22(27)17(25)2)18-9-7-6-8-10-18/h20-27H,6-19H2,1-5H3,(H,34,37,38);16-21,26H,6-15H2,1-5H3/t20-,21+,22-,24+,25-,26-,27?,31+,32+,33?;16-,17+,19-,20-,21?,23+,24+,25?/m11/s1. The number of fused-ring (bicyclic) bond motifs is 2. The Morgan fingerprint density at radius 2 is 1.09 bits per heavy atom. The van der Waals surface area contributed by atoms with Crippen LogP contribution in [0.3, 0.4) is 0 Å². The Kier molecular flexibility index (Phi) is 14.2. The molecule has 8 saturated carbocycles. The highest BCUT2D eigenvalue weighted by molar-refractivity contribution is 5.94. The van der Waals surface area contributed by atoms with E-state index in [9.17, 15) is 24.3 Å². The minimum Gasteiger partial charge on any atom is -0.445 e. The first-order chi connectivity index (χ1) is 32.3. The van der Waals surface area contributed by atoms with Gasteiger partial charge in [0.05, 0.1) is 24.2 Å². The zero-order valence-corrected chi connectivity index (χ0v) is 44.3. The second kappa shape index (κ2) is 18.9. The number of hydrogen-bond acceptors (Lipinski definition) is 9. The number of carbonyl (C=O) groups excluding carboxylic acids is 4. The molecule has 2 amide bonds. The fraction of sp³-hybridized carbons (Fsp3) is 0.931. The zero-order chi connectivity index (χ0) is 48.8. The molecule has 19 atom stereocenters. The number of aliphatic hydroxyl groups excluding tert-OH is 1. The summed E-state index contributed by atoms with van der Waals surface area (Å²) in [4.78, 5) is 58.0. The lowest BCUT2D eigenvalue weighted by molar-refractivity contribution is -0.196. The van der Waals surface area contributed by atoms with Crippen molar-refractivity contribution in [3.05, 3.63) is 0 Å². The Labute approximate surface area is 411 Å². The third-order valence-corrected chi connectivity index (χ3v) is 24.4. The van der Waals surface area contributed by atoms with E-state index in [1.165, 1.54) is 25.7 Å². The van der Waals surface area contributed by atoms with Gasteiger partial charge in [-0.2, -0.15) is 0 Å². The Morgan fingerprint density at radius 3 is 1.56 bits per heavy atom. The molecule has 68 heavy (non-hydrogen) atoms. The van der Waals surface area contributed by atoms with Crippen molar-refractivity contribution in [2.45, 2.75) is 215 Å². The van der Waals surface area contributed by atoms with Crippen LogP contribution in [0, 0.1) is 91.7 Å². The van der Waals surface area contributed by atoms with Gasteiger partial charge in [-0.1, -0.05) is 93.9 Å². The largest absolute Gasteiger partial charge is 0.445 e. The first-order valence-corrected chi connectivity index (χ1v) is 28.3. The molecule has 0 aromatic carbocycles. The number of ether oxygens (including phenoxy) is 3. The van der Waals surface area contributed by atoms with Crippen LogP contribution in [0.4, 0.5) is 4.79 Å². The third kappa shape index (κ3) is 7.79. The van der Waals surface area contributed by atoms with E-state index in [0.29, 0.717) is 59.9 Å². The molecule has 0 spiro atoms. The van der Waals surface area contributed by atoms with Gasteiger partial charge in [-0.05, 0) is 149 Å². The van der Waals surface area contributed by atoms with Gasteiger partial charge >= 0.3 is 6.09 Å². The van der Waals surface area contributed by atoms with Gasteiger partial charge < -0.3 is 24.2 Å². The van der Waals surface area contributed by atoms with E-state index in [4.69, 9.17) is 14.2 Å². The van der Waals surface area contributed by atoms with E-state index in [2.05, 4.69) is 65.6 Å². The summed E-state index contributed by atoms with van der Waals surface area (Å²) in [6.45, 7) is 20.9. The number of amides is 2. The van der Waals surface area contributed by atoms with E-state index in [-0.39, 0.29) is 68.9 Å². The van der Waals surface area contributed by atoms with E-state index < -0.39 is 23.7 Å². The maximum atomic E-state index is 14.7. The number of rotatable bonds is 6. The number of ketones is 2. The van der Waals surface area contributed by atoms with Gasteiger partial charge in [-0.3, -0.25) is 19.7 Å². The second-order valence-electron chi connectivity index (χ2n) is 26.6. The number of carbonyl (C=O) groups is 4. The predicted molar refractivity (Wildman–Crippen MR) is 264 cm³/mol. The maximum absolute atomic E-state index is 14.7. The van der Waals surface area contributed by atoms with Crippen molar-refractivity contribution in [2.75, 3.05) is 33.9 Å². The molecule has 5 unspecified atom stereocenters. The number of hydrogen-bond donors (Lipinski definition) is 2. The van der Waals surface area contributed by atoms with Crippen molar-refractivity contribution in [1.82, 2.24) is 10.2 Å². The number of imide groups is 1. The van der Waals surface area contributed by atoms with Crippen molar-refractivity contribution in [1.29, 1.82) is 0 Å². The number of Topliss-reactive ketones (excluding diaryl/α,β-unsaturated/α-hetero) is 2. The Morgan fingerprint density at radius 1 is 0.618 bits per heavy atom. The van der Waals surface area contributed by atoms with Crippen LogP contribution in [0.2, 0.25) is 0 Å². The monoisotopic (exact) mass is 947 g/mol. The molecule has 8 aliphatic carbocycles. The molecule has 10 nitrogen and oxygen atoms in total. The second-order valence-corrected chi connectivity index (χ2v) is 26.6. The van der Waals surface area contributed by atoms with Crippen LogP contribution < -0.4 is 5.32 Å². The summed E-state index contributed by atoms with van der Waals surface area (Å²) < 4.78 is 18.6. The van der Waals surface area contributed by atoms with Crippen molar-refractivity contribution < 1.29 is 38.5 Å². The molecule has 0 radical (unpaired) electrons. The molecule has 10 aliphatic rings. The van der Waals surface area contributed by atoms with Crippen LogP contribution >= 0.6 is 0 Å². The Bertz CT molecular complexity index is 1900. The molecule has 2 aliphatic heterocycles. The van der Waals surface area contributed by atoms with Crippen LogP contribution in [-0.2, 0) is 28.6 Å². The van der Waals surface area contributed by atoms with Crippen molar-refractivity contribution in [2.24, 2.45) is 91.7 Å². The molecular weight excluding hydrogens is 853 g/mol. The zero-order valence-electron chi connectivity index (χ0n) is 44.3. The summed E-state index contributed by atoms with van der Waals surface area (Å²) in [5, 5.41) is 14.4. The van der Waals surface area contributed by atoms with Gasteiger partial charge in [0.25, 0.3) is 0 Å². The van der Waals surface area contributed by atoms with Gasteiger partial charge in [0, 0.05) is 66.7 Å². The molecule has 10 heteroatoms. The number of methoxy groups -OCH3 is 2. The SMILES string of the molecule is CO[C@@H]1CCC23CC[C@@H](C)[C@](C)(C12)[C@H](O)C[C@@](C)(C1CCCCC1)C(=O)[C@@H]3C.CO[C@@H]1CCC23CC[C@@H](C)[C@](C)(C12)[C@H](OC(=O)NC(=O)[C@H]1CN2CC[C@@H]1C2)C[C@@](C)(C1CCCCC1)C(=O)[C@@H]3C. The van der Waals surface area contributed by atoms with Crippen LogP contribution in [0.1, 0.15) is 190 Å². The number of aliphatic hydroxyl groups is 1. The predicted octanol–water partition coefficient (Wildman–Crippen LogP) is 11.0. The summed E-state index contributed by atoms with van der Waals surface area (Å²) in [6.07, 6.45) is 21.0. The Hall–Kier alpha value is -1.88. The molecule has 10 rings (SSSR count). The lowest BCUT2D eigenvalue weighted by Crippen LogP contribution is -2.64. The molecular formula is C58H94N2O8. The normalized spacial score (nSPS) is 50.4. The van der Waals surface area contributed by atoms with Crippen LogP contribution in [-0.4, -0.2) is 91.8 Å². The highest BCUT2D eigenvalue weighted by Crippen LogP contribution is 2.71. The van der Waals surface area contributed by atoms with Crippen molar-refractivity contribution in [3.8, 4) is 0 Å². The van der Waals surface area contributed by atoms with Crippen LogP contribution in [0.5, 0.6) is 0 Å². The molecule has 10 fully saturated rings. The Balaban J connectivity index is 0.000000181. The molecule has 2 saturated heterocycles. The summed E-state index contributed by atoms with van der Waals surface area (Å²) in [5.41, 5.74) is -1.56. The van der Waals surface area contributed by atoms with Crippen LogP contribution in [0.25, 0.3) is 0 Å². The highest BCUT2D eigenvalue weighted by atomic mass is 16.6. The third-order valence-electron chi connectivity index (χ3n) is 24.4. The van der Waals surface area contributed by atoms with Gasteiger partial charge in [0.15, 0.2) is 0 Å². The number of piperidine rings is 1. The lowest BCUT2D eigenvalue weighted by Gasteiger charge is -2.62. The molecule has 2 heterocycles. The van der Waals surface area contributed by atoms with Crippen LogP contribution in [0.15, 0.2) is 0 Å². The van der Waals surface area contributed by atoms with Gasteiger partial charge in [0.1, 0.15) is 17.7 Å². The fourth-order valence-electron chi connectivity index (χ4n) is 19.7. The minimum atomic E-state index is -0.628. The van der Waals surface area contributed by atoms with Crippen molar-refractivity contribution in [3.63, 3.8) is 0 Å². The molecule has 0 aromatic rings. The first kappa shape index (κ1) is 51.0. The summed E-state index contributed by atoms with van der Waals surface area (Å²) in [7, 11) is 3.63. The fourth-order valence-corrected chi connectivity index (χ4v) is 19.7. The molecule has 384 valence electrons. The minimum absolute atomic E-state index is 0.0103. The topological polar surface area (TPSA) is 131 Å². The first-order valence-electron chi connectivity index (χ1n) is 28.3. The van der Waals surface area contributed by atoms with E-state index >= 15 is 0 Å². The van der Waals surface area contributed by atoms with E-state index in [1.54, 1.807) is 7.11 Å². The number of nitrogens with one attached hydrogen (secondary N) is 1. The molecule has 2 N–H and O–H groups in total. The van der Waals surface area contributed by atoms with E-state index in [0.717, 1.165) is 116 Å².